The van der Waals surface area contributed by atoms with Crippen LogP contribution in [0.3, 0.4) is 0 Å². The second kappa shape index (κ2) is 5.69. The zero-order valence-corrected chi connectivity index (χ0v) is 9.73. The van der Waals surface area contributed by atoms with Crippen molar-refractivity contribution in [1.82, 2.24) is 10.6 Å². The summed E-state index contributed by atoms with van der Waals surface area (Å²) in [5.74, 6) is 0. The molecule has 0 bridgehead atoms. The Hall–Kier alpha value is -0.120. The first kappa shape index (κ1) is 12.0. The highest BCUT2D eigenvalue weighted by Crippen LogP contribution is 2.06. The van der Waals surface area contributed by atoms with Crippen LogP contribution in [0.1, 0.15) is 33.6 Å². The quantitative estimate of drug-likeness (QED) is 0.668. The smallest absolute Gasteiger partial charge is 0.0600 e. The van der Waals surface area contributed by atoms with Crippen LogP contribution in [0.2, 0.25) is 0 Å². The molecule has 1 aliphatic rings. The van der Waals surface area contributed by atoms with Crippen LogP contribution in [0.15, 0.2) is 0 Å². The lowest BCUT2D eigenvalue weighted by Crippen LogP contribution is -2.39. The lowest BCUT2D eigenvalue weighted by molar-refractivity contribution is 0.0327. The van der Waals surface area contributed by atoms with E-state index in [-0.39, 0.29) is 5.54 Å². The molecule has 14 heavy (non-hydrogen) atoms. The van der Waals surface area contributed by atoms with Gasteiger partial charge in [-0.1, -0.05) is 0 Å². The van der Waals surface area contributed by atoms with Crippen LogP contribution in [0, 0.1) is 0 Å². The minimum Gasteiger partial charge on any atom is -0.377 e. The third-order valence-electron chi connectivity index (χ3n) is 2.40. The van der Waals surface area contributed by atoms with Crippen molar-refractivity contribution in [2.45, 2.75) is 45.3 Å². The average molecular weight is 200 g/mol. The molecule has 3 nitrogen and oxygen atoms in total. The standard InChI is InChI=1S/C11H24N2O/c1-11(2,3)13-8-9-14-10-4-6-12-7-5-10/h10,12-13H,4-9H2,1-3H3. The van der Waals surface area contributed by atoms with Gasteiger partial charge in [0.15, 0.2) is 0 Å². The van der Waals surface area contributed by atoms with Gasteiger partial charge in [-0.2, -0.15) is 0 Å². The maximum Gasteiger partial charge on any atom is 0.0600 e. The fourth-order valence-electron chi connectivity index (χ4n) is 1.61. The maximum absolute atomic E-state index is 5.78. The molecule has 84 valence electrons. The molecule has 0 amide bonds. The van der Waals surface area contributed by atoms with Crippen molar-refractivity contribution in [2.75, 3.05) is 26.2 Å². The Morgan fingerprint density at radius 1 is 1.29 bits per heavy atom. The molecule has 1 heterocycles. The van der Waals surface area contributed by atoms with Gasteiger partial charge in [-0.05, 0) is 46.7 Å². The lowest BCUT2D eigenvalue weighted by Gasteiger charge is -2.25. The second-order valence-corrected chi connectivity index (χ2v) is 5.00. The predicted molar refractivity (Wildman–Crippen MR) is 59.6 cm³/mol. The number of nitrogens with one attached hydrogen (secondary N) is 2. The lowest BCUT2D eigenvalue weighted by atomic mass is 10.1. The highest BCUT2D eigenvalue weighted by Gasteiger charge is 2.13. The van der Waals surface area contributed by atoms with Gasteiger partial charge in [0.2, 0.25) is 0 Å². The van der Waals surface area contributed by atoms with Gasteiger partial charge in [0, 0.05) is 12.1 Å². The molecule has 0 aromatic heterocycles. The van der Waals surface area contributed by atoms with E-state index in [1.54, 1.807) is 0 Å². The highest BCUT2D eigenvalue weighted by molar-refractivity contribution is 4.71. The molecule has 1 rings (SSSR count). The van der Waals surface area contributed by atoms with Crippen LogP contribution in [0.5, 0.6) is 0 Å². The third-order valence-corrected chi connectivity index (χ3v) is 2.40. The summed E-state index contributed by atoms with van der Waals surface area (Å²) in [6.07, 6.45) is 2.81. The Bertz CT molecular complexity index is 148. The molecule has 0 spiro atoms. The molecule has 0 atom stereocenters. The van der Waals surface area contributed by atoms with E-state index >= 15 is 0 Å². The molecule has 3 heteroatoms. The van der Waals surface area contributed by atoms with E-state index in [0.717, 1.165) is 39.1 Å². The van der Waals surface area contributed by atoms with E-state index in [1.807, 2.05) is 0 Å². The monoisotopic (exact) mass is 200 g/mol. The van der Waals surface area contributed by atoms with Crippen LogP contribution in [-0.2, 0) is 4.74 Å². The summed E-state index contributed by atoms with van der Waals surface area (Å²) in [6.45, 7) is 10.5. The van der Waals surface area contributed by atoms with E-state index in [0.29, 0.717) is 6.10 Å². The number of piperidine rings is 1. The van der Waals surface area contributed by atoms with Crippen LogP contribution in [-0.4, -0.2) is 37.9 Å². The summed E-state index contributed by atoms with van der Waals surface area (Å²) < 4.78 is 5.78. The SMILES string of the molecule is CC(C)(C)NCCOC1CCNCC1. The van der Waals surface area contributed by atoms with Crippen LogP contribution in [0.4, 0.5) is 0 Å². The molecule has 2 N–H and O–H groups in total. The largest absolute Gasteiger partial charge is 0.377 e. The normalized spacial score (nSPS) is 19.9. The van der Waals surface area contributed by atoms with E-state index < -0.39 is 0 Å². The van der Waals surface area contributed by atoms with Crippen LogP contribution in [0.25, 0.3) is 0 Å². The van der Waals surface area contributed by atoms with Crippen molar-refractivity contribution in [1.29, 1.82) is 0 Å². The summed E-state index contributed by atoms with van der Waals surface area (Å²) in [7, 11) is 0. The summed E-state index contributed by atoms with van der Waals surface area (Å²) >= 11 is 0. The number of hydrogen-bond donors (Lipinski definition) is 2. The molecule has 0 aromatic carbocycles. The van der Waals surface area contributed by atoms with E-state index in [1.165, 1.54) is 0 Å². The van der Waals surface area contributed by atoms with Gasteiger partial charge in [0.05, 0.1) is 12.7 Å². The third kappa shape index (κ3) is 5.58. The fourth-order valence-corrected chi connectivity index (χ4v) is 1.61. The van der Waals surface area contributed by atoms with Crippen molar-refractivity contribution in [3.05, 3.63) is 0 Å². The summed E-state index contributed by atoms with van der Waals surface area (Å²) in [4.78, 5) is 0. The van der Waals surface area contributed by atoms with Crippen molar-refractivity contribution in [3.8, 4) is 0 Å². The molecule has 0 aliphatic carbocycles. The first-order valence-electron chi connectivity index (χ1n) is 5.65. The van der Waals surface area contributed by atoms with E-state index in [2.05, 4.69) is 31.4 Å². The molecular weight excluding hydrogens is 176 g/mol. The Labute approximate surface area is 87.6 Å². The molecule has 0 aromatic rings. The first-order valence-corrected chi connectivity index (χ1v) is 5.65. The molecule has 0 saturated carbocycles. The van der Waals surface area contributed by atoms with Crippen molar-refractivity contribution >= 4 is 0 Å². The molecular formula is C11H24N2O. The van der Waals surface area contributed by atoms with Crippen molar-refractivity contribution in [2.24, 2.45) is 0 Å². The highest BCUT2D eigenvalue weighted by atomic mass is 16.5. The zero-order valence-electron chi connectivity index (χ0n) is 9.73. The maximum atomic E-state index is 5.78. The van der Waals surface area contributed by atoms with Gasteiger partial charge in [0.25, 0.3) is 0 Å². The van der Waals surface area contributed by atoms with Gasteiger partial charge in [0.1, 0.15) is 0 Å². The van der Waals surface area contributed by atoms with Gasteiger partial charge in [-0.3, -0.25) is 0 Å². The minimum atomic E-state index is 0.206. The molecule has 1 saturated heterocycles. The minimum absolute atomic E-state index is 0.206. The number of hydrogen-bond acceptors (Lipinski definition) is 3. The number of rotatable bonds is 4. The van der Waals surface area contributed by atoms with Crippen LogP contribution >= 0.6 is 0 Å². The van der Waals surface area contributed by atoms with Gasteiger partial charge in [-0.15, -0.1) is 0 Å². The fraction of sp³-hybridized carbons (Fsp3) is 1.00. The van der Waals surface area contributed by atoms with Crippen LogP contribution < -0.4 is 10.6 Å². The van der Waals surface area contributed by atoms with Crippen molar-refractivity contribution in [3.63, 3.8) is 0 Å². The van der Waals surface area contributed by atoms with Gasteiger partial charge in [-0.25, -0.2) is 0 Å². The van der Waals surface area contributed by atoms with Gasteiger partial charge >= 0.3 is 0 Å². The topological polar surface area (TPSA) is 33.3 Å². The molecule has 0 unspecified atom stereocenters. The Balaban J connectivity index is 1.97. The average Bonchev–Trinajstić information content (AvgIpc) is 2.13. The molecule has 0 radical (unpaired) electrons. The Morgan fingerprint density at radius 3 is 2.50 bits per heavy atom. The summed E-state index contributed by atoms with van der Waals surface area (Å²) in [5.41, 5.74) is 0.206. The summed E-state index contributed by atoms with van der Waals surface area (Å²) in [6, 6.07) is 0. The second-order valence-electron chi connectivity index (χ2n) is 5.00. The van der Waals surface area contributed by atoms with Gasteiger partial charge < -0.3 is 15.4 Å². The Kier molecular flexibility index (Phi) is 4.85. The Morgan fingerprint density at radius 2 is 1.93 bits per heavy atom. The molecule has 1 fully saturated rings. The first-order chi connectivity index (χ1) is 6.58. The summed E-state index contributed by atoms with van der Waals surface area (Å²) in [5, 5.41) is 6.75. The predicted octanol–water partition coefficient (Wildman–Crippen LogP) is 1.14. The molecule has 1 aliphatic heterocycles. The van der Waals surface area contributed by atoms with Crippen molar-refractivity contribution < 1.29 is 4.74 Å². The zero-order chi connectivity index (χ0) is 10.4. The van der Waals surface area contributed by atoms with E-state index in [4.69, 9.17) is 4.74 Å². The number of ether oxygens (including phenoxy) is 1. The van der Waals surface area contributed by atoms with E-state index in [9.17, 15) is 0 Å².